The molecular weight excluding hydrogens is 303 g/mol. The molecule has 104 valence electrons. The molecule has 0 amide bonds. The van der Waals surface area contributed by atoms with E-state index in [2.05, 4.69) is 0 Å². The van der Waals surface area contributed by atoms with Gasteiger partial charge in [0.25, 0.3) is 0 Å². The molecule has 20 heavy (non-hydrogen) atoms. The van der Waals surface area contributed by atoms with Gasteiger partial charge in [0, 0.05) is 23.2 Å². The van der Waals surface area contributed by atoms with Crippen LogP contribution in [0.4, 0.5) is 5.69 Å². The van der Waals surface area contributed by atoms with Crippen LogP contribution >= 0.6 is 23.2 Å². The van der Waals surface area contributed by atoms with Crippen molar-refractivity contribution in [2.24, 2.45) is 5.73 Å². The summed E-state index contributed by atoms with van der Waals surface area (Å²) < 4.78 is 5.57. The Morgan fingerprint density at radius 2 is 2.00 bits per heavy atom. The number of halogens is 2. The molecule has 0 unspecified atom stereocenters. The van der Waals surface area contributed by atoms with Crippen LogP contribution < -0.4 is 10.5 Å². The first-order chi connectivity index (χ1) is 9.52. The standard InChI is InChI=1S/C13H10Cl2N2O3/c14-9-4-5-12(8(6-9)7-16)20-13-10(15)2-1-3-11(13)17(18)19/h1-6H,7,16H2. The summed E-state index contributed by atoms with van der Waals surface area (Å²) in [6.45, 7) is 0.189. The second-order valence-electron chi connectivity index (χ2n) is 3.90. The van der Waals surface area contributed by atoms with Gasteiger partial charge in [-0.1, -0.05) is 29.3 Å². The Bertz CT molecular complexity index is 662. The molecule has 0 bridgehead atoms. The number of nitrogens with zero attached hydrogens (tertiary/aromatic N) is 1. The lowest BCUT2D eigenvalue weighted by Crippen LogP contribution is -2.01. The van der Waals surface area contributed by atoms with Crippen molar-refractivity contribution in [2.45, 2.75) is 6.54 Å². The van der Waals surface area contributed by atoms with E-state index >= 15 is 0 Å². The zero-order valence-electron chi connectivity index (χ0n) is 10.2. The number of hydrogen-bond donors (Lipinski definition) is 1. The van der Waals surface area contributed by atoms with Crippen LogP contribution in [0.25, 0.3) is 0 Å². The number of para-hydroxylation sites is 1. The molecule has 0 saturated heterocycles. The molecule has 0 atom stereocenters. The summed E-state index contributed by atoms with van der Waals surface area (Å²) >= 11 is 11.8. The first-order valence-electron chi connectivity index (χ1n) is 5.62. The molecule has 0 heterocycles. The molecule has 0 radical (unpaired) electrons. The van der Waals surface area contributed by atoms with Crippen molar-refractivity contribution in [1.29, 1.82) is 0 Å². The van der Waals surface area contributed by atoms with E-state index in [0.717, 1.165) is 0 Å². The highest BCUT2D eigenvalue weighted by Gasteiger charge is 2.20. The molecule has 2 aromatic rings. The molecule has 2 rings (SSSR count). The molecule has 0 spiro atoms. The average Bonchev–Trinajstić information content (AvgIpc) is 2.42. The first kappa shape index (κ1) is 14.6. The van der Waals surface area contributed by atoms with E-state index in [9.17, 15) is 10.1 Å². The summed E-state index contributed by atoms with van der Waals surface area (Å²) in [6.07, 6.45) is 0. The van der Waals surface area contributed by atoms with Crippen LogP contribution in [0.3, 0.4) is 0 Å². The topological polar surface area (TPSA) is 78.4 Å². The zero-order chi connectivity index (χ0) is 14.7. The lowest BCUT2D eigenvalue weighted by atomic mass is 10.2. The Morgan fingerprint density at radius 3 is 2.65 bits per heavy atom. The fourth-order valence-electron chi connectivity index (χ4n) is 1.66. The van der Waals surface area contributed by atoms with Crippen LogP contribution in [0.5, 0.6) is 11.5 Å². The fraction of sp³-hybridized carbons (Fsp3) is 0.0769. The van der Waals surface area contributed by atoms with E-state index in [-0.39, 0.29) is 23.0 Å². The molecule has 0 saturated carbocycles. The Kier molecular flexibility index (Phi) is 4.44. The largest absolute Gasteiger partial charge is 0.448 e. The molecule has 5 nitrogen and oxygen atoms in total. The van der Waals surface area contributed by atoms with Crippen LogP contribution in [-0.2, 0) is 6.54 Å². The fourth-order valence-corrected chi connectivity index (χ4v) is 2.06. The molecule has 0 aliphatic rings. The maximum absolute atomic E-state index is 11.0. The second kappa shape index (κ2) is 6.09. The summed E-state index contributed by atoms with van der Waals surface area (Å²) in [5, 5.41) is 11.6. The summed E-state index contributed by atoms with van der Waals surface area (Å²) in [6, 6.07) is 9.16. The lowest BCUT2D eigenvalue weighted by Gasteiger charge is -2.11. The molecule has 0 aromatic heterocycles. The molecular formula is C13H10Cl2N2O3. The number of rotatable bonds is 4. The van der Waals surface area contributed by atoms with E-state index in [0.29, 0.717) is 16.3 Å². The smallest absolute Gasteiger partial charge is 0.313 e. The number of ether oxygens (including phenoxy) is 1. The van der Waals surface area contributed by atoms with E-state index in [4.69, 9.17) is 33.7 Å². The number of nitro benzene ring substituents is 1. The molecule has 7 heteroatoms. The number of benzene rings is 2. The molecule has 0 aliphatic heterocycles. The molecule has 0 fully saturated rings. The Morgan fingerprint density at radius 1 is 1.25 bits per heavy atom. The Balaban J connectivity index is 2.47. The van der Waals surface area contributed by atoms with E-state index in [1.807, 2.05) is 0 Å². The second-order valence-corrected chi connectivity index (χ2v) is 4.75. The number of hydrogen-bond acceptors (Lipinski definition) is 4. The van der Waals surface area contributed by atoms with Gasteiger partial charge in [0.2, 0.25) is 5.75 Å². The lowest BCUT2D eigenvalue weighted by molar-refractivity contribution is -0.385. The van der Waals surface area contributed by atoms with Crippen LogP contribution in [-0.4, -0.2) is 4.92 Å². The molecule has 2 aromatic carbocycles. The summed E-state index contributed by atoms with van der Waals surface area (Å²) in [5.41, 5.74) is 6.02. The van der Waals surface area contributed by atoms with Crippen molar-refractivity contribution in [2.75, 3.05) is 0 Å². The third-order valence-electron chi connectivity index (χ3n) is 2.60. The van der Waals surface area contributed by atoms with Gasteiger partial charge in [-0.25, -0.2) is 0 Å². The van der Waals surface area contributed by atoms with Gasteiger partial charge in [-0.15, -0.1) is 0 Å². The van der Waals surface area contributed by atoms with Crippen LogP contribution in [0.2, 0.25) is 10.0 Å². The van der Waals surface area contributed by atoms with Gasteiger partial charge in [-0.05, 0) is 24.3 Å². The maximum atomic E-state index is 11.0. The predicted octanol–water partition coefficient (Wildman–Crippen LogP) is 4.15. The highest BCUT2D eigenvalue weighted by molar-refractivity contribution is 6.32. The molecule has 2 N–H and O–H groups in total. The normalized spacial score (nSPS) is 10.3. The van der Waals surface area contributed by atoms with Gasteiger partial charge in [0.15, 0.2) is 0 Å². The van der Waals surface area contributed by atoms with Gasteiger partial charge in [0.05, 0.1) is 9.95 Å². The van der Waals surface area contributed by atoms with Crippen molar-refractivity contribution < 1.29 is 9.66 Å². The summed E-state index contributed by atoms with van der Waals surface area (Å²) in [7, 11) is 0. The Labute approximate surface area is 125 Å². The minimum atomic E-state index is -0.556. The third-order valence-corrected chi connectivity index (χ3v) is 3.13. The van der Waals surface area contributed by atoms with Crippen LogP contribution in [0.15, 0.2) is 36.4 Å². The minimum Gasteiger partial charge on any atom is -0.448 e. The average molecular weight is 313 g/mol. The van der Waals surface area contributed by atoms with Crippen molar-refractivity contribution in [1.82, 2.24) is 0 Å². The minimum absolute atomic E-state index is 0.0174. The highest BCUT2D eigenvalue weighted by Crippen LogP contribution is 2.39. The van der Waals surface area contributed by atoms with Crippen molar-refractivity contribution in [3.8, 4) is 11.5 Å². The van der Waals surface area contributed by atoms with Gasteiger partial charge in [0.1, 0.15) is 5.75 Å². The van der Waals surface area contributed by atoms with E-state index in [1.165, 1.54) is 18.2 Å². The van der Waals surface area contributed by atoms with Crippen LogP contribution in [0.1, 0.15) is 5.56 Å². The van der Waals surface area contributed by atoms with E-state index < -0.39 is 4.92 Å². The third kappa shape index (κ3) is 3.01. The summed E-state index contributed by atoms with van der Waals surface area (Å²) in [4.78, 5) is 10.4. The van der Waals surface area contributed by atoms with Gasteiger partial charge in [-0.3, -0.25) is 10.1 Å². The van der Waals surface area contributed by atoms with Crippen molar-refractivity contribution in [3.05, 3.63) is 62.1 Å². The SMILES string of the molecule is NCc1cc(Cl)ccc1Oc1c(Cl)cccc1[N+](=O)[O-]. The van der Waals surface area contributed by atoms with Crippen LogP contribution in [0, 0.1) is 10.1 Å². The van der Waals surface area contributed by atoms with Crippen molar-refractivity contribution in [3.63, 3.8) is 0 Å². The predicted molar refractivity (Wildman–Crippen MR) is 77.5 cm³/mol. The quantitative estimate of drug-likeness (QED) is 0.679. The van der Waals surface area contributed by atoms with Gasteiger partial charge in [-0.2, -0.15) is 0 Å². The van der Waals surface area contributed by atoms with Gasteiger partial charge < -0.3 is 10.5 Å². The number of nitrogens with two attached hydrogens (primary N) is 1. The summed E-state index contributed by atoms with van der Waals surface area (Å²) in [5.74, 6) is 0.365. The zero-order valence-corrected chi connectivity index (χ0v) is 11.7. The molecule has 0 aliphatic carbocycles. The van der Waals surface area contributed by atoms with Crippen molar-refractivity contribution >= 4 is 28.9 Å². The Hall–Kier alpha value is -1.82. The van der Waals surface area contributed by atoms with Gasteiger partial charge >= 0.3 is 5.69 Å². The number of nitro groups is 1. The highest BCUT2D eigenvalue weighted by atomic mass is 35.5. The first-order valence-corrected chi connectivity index (χ1v) is 6.37. The monoisotopic (exact) mass is 312 g/mol. The van der Waals surface area contributed by atoms with E-state index in [1.54, 1.807) is 18.2 Å². The maximum Gasteiger partial charge on any atom is 0.313 e.